The van der Waals surface area contributed by atoms with Crippen LogP contribution in [0.15, 0.2) is 12.4 Å². The van der Waals surface area contributed by atoms with Gasteiger partial charge in [-0.25, -0.2) is 4.98 Å². The highest BCUT2D eigenvalue weighted by Gasteiger charge is 2.15. The van der Waals surface area contributed by atoms with E-state index in [1.54, 1.807) is 11.9 Å². The van der Waals surface area contributed by atoms with Crippen LogP contribution in [0.4, 0.5) is 0 Å². The Morgan fingerprint density at radius 2 is 1.61 bits per heavy atom. The average Bonchev–Trinajstić information content (AvgIpc) is 2.92. The van der Waals surface area contributed by atoms with Crippen LogP contribution in [0.5, 0.6) is 0 Å². The maximum absolute atomic E-state index is 4.42. The molecule has 1 aliphatic rings. The van der Waals surface area contributed by atoms with Crippen molar-refractivity contribution in [2.45, 2.75) is 60.3 Å². The van der Waals surface area contributed by atoms with Crippen molar-refractivity contribution in [1.29, 1.82) is 0 Å². The third-order valence-electron chi connectivity index (χ3n) is 3.26. The van der Waals surface area contributed by atoms with E-state index in [2.05, 4.69) is 23.0 Å². The number of aryl methyl sites for hydroxylation is 2. The van der Waals surface area contributed by atoms with Crippen molar-refractivity contribution in [1.82, 2.24) is 9.97 Å². The second-order valence-corrected chi connectivity index (χ2v) is 4.16. The maximum Gasteiger partial charge on any atom is 0.0931 e. The van der Waals surface area contributed by atoms with Crippen molar-refractivity contribution in [2.24, 2.45) is 0 Å². The Labute approximate surface area is 111 Å². The predicted molar refractivity (Wildman–Crippen MR) is 80.2 cm³/mol. The Morgan fingerprint density at radius 3 is 2.28 bits per heavy atom. The summed E-state index contributed by atoms with van der Waals surface area (Å²) in [7, 11) is 0. The van der Waals surface area contributed by atoms with E-state index in [1.807, 2.05) is 27.7 Å². The van der Waals surface area contributed by atoms with Crippen molar-refractivity contribution in [3.63, 3.8) is 0 Å². The van der Waals surface area contributed by atoms with Crippen molar-refractivity contribution >= 4 is 11.0 Å². The third kappa shape index (κ3) is 2.74. The van der Waals surface area contributed by atoms with Crippen LogP contribution in [0.1, 0.15) is 57.2 Å². The molecule has 3 rings (SSSR count). The molecule has 2 nitrogen and oxygen atoms in total. The van der Waals surface area contributed by atoms with E-state index < -0.39 is 0 Å². The molecule has 0 bridgehead atoms. The van der Waals surface area contributed by atoms with E-state index in [4.69, 9.17) is 0 Å². The fourth-order valence-electron chi connectivity index (χ4n) is 2.56. The zero-order valence-corrected chi connectivity index (χ0v) is 12.4. The minimum atomic E-state index is 1.20. The van der Waals surface area contributed by atoms with Crippen LogP contribution in [0.3, 0.4) is 0 Å². The molecule has 0 atom stereocenters. The summed E-state index contributed by atoms with van der Waals surface area (Å²) >= 11 is 0. The van der Waals surface area contributed by atoms with E-state index in [-0.39, 0.29) is 0 Å². The number of benzene rings is 1. The lowest BCUT2D eigenvalue weighted by Crippen LogP contribution is -2.05. The van der Waals surface area contributed by atoms with Gasteiger partial charge in [0.05, 0.1) is 17.4 Å². The van der Waals surface area contributed by atoms with Gasteiger partial charge in [-0.1, -0.05) is 27.7 Å². The molecule has 18 heavy (non-hydrogen) atoms. The van der Waals surface area contributed by atoms with Crippen LogP contribution in [0.25, 0.3) is 11.0 Å². The van der Waals surface area contributed by atoms with Gasteiger partial charge in [0.15, 0.2) is 0 Å². The summed E-state index contributed by atoms with van der Waals surface area (Å²) in [5.41, 5.74) is 6.87. The van der Waals surface area contributed by atoms with E-state index >= 15 is 0 Å². The molecule has 1 aliphatic carbocycles. The quantitative estimate of drug-likeness (QED) is 0.710. The maximum atomic E-state index is 4.42. The fraction of sp³-hybridized carbons (Fsp3) is 0.562. The standard InChI is InChI=1S/C12H14N2.2C2H6/c1-8-6-11-12(14-7-13-11)10-5-3-2-4-9(8)10;2*1-2/h6-7H,2-5H2,1H3,(H,13,14);2*1-2H3. The Bertz CT molecular complexity index is 483. The first-order valence-corrected chi connectivity index (χ1v) is 7.30. The predicted octanol–water partition coefficient (Wildman–Crippen LogP) is 4.80. The van der Waals surface area contributed by atoms with Gasteiger partial charge in [-0.3, -0.25) is 0 Å². The molecule has 0 radical (unpaired) electrons. The summed E-state index contributed by atoms with van der Waals surface area (Å²) in [6.07, 6.45) is 6.91. The summed E-state index contributed by atoms with van der Waals surface area (Å²) in [4.78, 5) is 7.62. The Hall–Kier alpha value is -1.31. The highest BCUT2D eigenvalue weighted by atomic mass is 14.9. The minimum Gasteiger partial charge on any atom is -0.345 e. The van der Waals surface area contributed by atoms with E-state index in [0.29, 0.717) is 0 Å². The van der Waals surface area contributed by atoms with E-state index in [0.717, 1.165) is 0 Å². The van der Waals surface area contributed by atoms with Gasteiger partial charge < -0.3 is 4.98 Å². The Kier molecular flexibility index (Phi) is 5.90. The summed E-state index contributed by atoms with van der Waals surface area (Å²) in [5, 5.41) is 0. The Morgan fingerprint density at radius 1 is 1.00 bits per heavy atom. The lowest BCUT2D eigenvalue weighted by atomic mass is 9.88. The molecule has 100 valence electrons. The highest BCUT2D eigenvalue weighted by molar-refractivity contribution is 5.81. The first-order chi connectivity index (χ1) is 8.86. The van der Waals surface area contributed by atoms with Crippen molar-refractivity contribution in [3.8, 4) is 0 Å². The molecule has 0 saturated carbocycles. The normalized spacial score (nSPS) is 12.9. The molecule has 2 heteroatoms. The molecule has 1 N–H and O–H groups in total. The number of hydrogen-bond donors (Lipinski definition) is 1. The van der Waals surface area contributed by atoms with Gasteiger partial charge in [-0.05, 0) is 55.4 Å². The summed E-state index contributed by atoms with van der Waals surface area (Å²) in [5.74, 6) is 0. The van der Waals surface area contributed by atoms with Gasteiger partial charge in [0, 0.05) is 0 Å². The number of aromatic amines is 1. The molecule has 1 aromatic heterocycles. The molecule has 0 amide bonds. The first-order valence-electron chi connectivity index (χ1n) is 7.30. The van der Waals surface area contributed by atoms with Gasteiger partial charge in [0.1, 0.15) is 0 Å². The molecule has 0 saturated heterocycles. The lowest BCUT2D eigenvalue weighted by molar-refractivity contribution is 0.685. The molecule has 0 fully saturated rings. The molecule has 1 heterocycles. The van der Waals surface area contributed by atoms with Crippen LogP contribution in [0.2, 0.25) is 0 Å². The van der Waals surface area contributed by atoms with Gasteiger partial charge in [-0.15, -0.1) is 0 Å². The lowest BCUT2D eigenvalue weighted by Gasteiger charge is -2.18. The van der Waals surface area contributed by atoms with E-state index in [1.165, 1.54) is 47.8 Å². The third-order valence-corrected chi connectivity index (χ3v) is 3.26. The second kappa shape index (κ2) is 7.20. The number of nitrogens with one attached hydrogen (secondary N) is 1. The molecular weight excluding hydrogens is 220 g/mol. The first kappa shape index (κ1) is 14.7. The summed E-state index contributed by atoms with van der Waals surface area (Å²) < 4.78 is 0. The Balaban J connectivity index is 0.000000371. The summed E-state index contributed by atoms with van der Waals surface area (Å²) in [6, 6.07) is 2.23. The molecular formula is C16H26N2. The van der Waals surface area contributed by atoms with Gasteiger partial charge >= 0.3 is 0 Å². The smallest absolute Gasteiger partial charge is 0.0931 e. The molecule has 0 aliphatic heterocycles. The zero-order chi connectivity index (χ0) is 13.5. The number of fused-ring (bicyclic) bond motifs is 3. The SMILES string of the molecule is CC.CC.Cc1cc2[nH]cnc2c2c1CCCC2. The number of rotatable bonds is 0. The molecule has 2 aromatic rings. The zero-order valence-electron chi connectivity index (χ0n) is 12.4. The van der Waals surface area contributed by atoms with Gasteiger partial charge in [0.2, 0.25) is 0 Å². The number of H-pyrrole nitrogens is 1. The van der Waals surface area contributed by atoms with Gasteiger partial charge in [-0.2, -0.15) is 0 Å². The van der Waals surface area contributed by atoms with Crippen LogP contribution in [0, 0.1) is 6.92 Å². The number of hydrogen-bond acceptors (Lipinski definition) is 1. The summed E-state index contributed by atoms with van der Waals surface area (Å²) in [6.45, 7) is 10.2. The monoisotopic (exact) mass is 246 g/mol. The number of imidazole rings is 1. The van der Waals surface area contributed by atoms with Crippen molar-refractivity contribution < 1.29 is 0 Å². The second-order valence-electron chi connectivity index (χ2n) is 4.16. The molecule has 0 spiro atoms. The van der Waals surface area contributed by atoms with Gasteiger partial charge in [0.25, 0.3) is 0 Å². The number of nitrogens with zero attached hydrogens (tertiary/aromatic N) is 1. The van der Waals surface area contributed by atoms with Crippen LogP contribution < -0.4 is 0 Å². The minimum absolute atomic E-state index is 1.20. The van der Waals surface area contributed by atoms with Crippen molar-refractivity contribution in [3.05, 3.63) is 29.1 Å². The average molecular weight is 246 g/mol. The largest absolute Gasteiger partial charge is 0.345 e. The highest BCUT2D eigenvalue weighted by Crippen LogP contribution is 2.29. The van der Waals surface area contributed by atoms with Crippen LogP contribution in [-0.2, 0) is 12.8 Å². The topological polar surface area (TPSA) is 28.7 Å². The van der Waals surface area contributed by atoms with Crippen LogP contribution >= 0.6 is 0 Å². The fourth-order valence-corrected chi connectivity index (χ4v) is 2.56. The van der Waals surface area contributed by atoms with E-state index in [9.17, 15) is 0 Å². The van der Waals surface area contributed by atoms with Crippen molar-refractivity contribution in [2.75, 3.05) is 0 Å². The molecule has 1 aromatic carbocycles. The molecule has 0 unspecified atom stereocenters. The number of aromatic nitrogens is 2. The van der Waals surface area contributed by atoms with Crippen LogP contribution in [-0.4, -0.2) is 9.97 Å².